The van der Waals surface area contributed by atoms with Gasteiger partial charge in [-0.15, -0.1) is 0 Å². The number of anilines is 1. The van der Waals surface area contributed by atoms with Gasteiger partial charge in [-0.25, -0.2) is 4.39 Å². The van der Waals surface area contributed by atoms with Crippen molar-refractivity contribution in [1.82, 2.24) is 25.7 Å². The molecule has 0 aliphatic heterocycles. The predicted octanol–water partition coefficient (Wildman–Crippen LogP) is 4.52. The SMILES string of the molecule is CCC(=O)N[C@@H](C(=O)NCC1CCC1)[C@@H](C)c1ccc(NC(=O)[C@@H](NC(=O)c2ccnn2CC)C2CCC(C)CC2)c(F)c1. The molecule has 0 unspecified atom stereocenters. The molecule has 4 amide bonds. The maximum atomic E-state index is 15.5. The van der Waals surface area contributed by atoms with Crippen LogP contribution in [0.5, 0.6) is 0 Å². The number of carbonyl (C=O) groups is 4. The quantitative estimate of drug-likeness (QED) is 0.265. The van der Waals surface area contributed by atoms with E-state index in [1.807, 2.05) is 6.92 Å². The molecule has 0 radical (unpaired) electrons. The van der Waals surface area contributed by atoms with Crippen molar-refractivity contribution in [2.45, 2.75) is 104 Å². The van der Waals surface area contributed by atoms with Crippen molar-refractivity contribution >= 4 is 29.3 Å². The Morgan fingerprint density at radius 3 is 2.34 bits per heavy atom. The molecule has 2 aliphatic rings. The third-order valence-electron chi connectivity index (χ3n) is 9.34. The second-order valence-electron chi connectivity index (χ2n) is 12.5. The first-order chi connectivity index (χ1) is 21.1. The van der Waals surface area contributed by atoms with Crippen LogP contribution in [-0.4, -0.2) is 52.0 Å². The van der Waals surface area contributed by atoms with Gasteiger partial charge in [0.05, 0.1) is 5.69 Å². The van der Waals surface area contributed by atoms with Gasteiger partial charge in [0, 0.05) is 31.6 Å². The average molecular weight is 611 g/mol. The van der Waals surface area contributed by atoms with Crippen LogP contribution in [0, 0.1) is 23.6 Å². The molecule has 2 aliphatic carbocycles. The summed E-state index contributed by atoms with van der Waals surface area (Å²) in [6.07, 6.45) is 8.53. The van der Waals surface area contributed by atoms with Gasteiger partial charge in [-0.3, -0.25) is 23.9 Å². The van der Waals surface area contributed by atoms with E-state index >= 15 is 4.39 Å². The minimum atomic E-state index is -0.868. The van der Waals surface area contributed by atoms with Crippen LogP contribution >= 0.6 is 0 Å². The zero-order valence-electron chi connectivity index (χ0n) is 26.3. The average Bonchev–Trinajstić information content (AvgIpc) is 3.48. The van der Waals surface area contributed by atoms with Gasteiger partial charge in [-0.1, -0.05) is 46.1 Å². The molecular weight excluding hydrogens is 563 g/mol. The summed E-state index contributed by atoms with van der Waals surface area (Å²) in [4.78, 5) is 52.2. The highest BCUT2D eigenvalue weighted by Crippen LogP contribution is 2.32. The van der Waals surface area contributed by atoms with Gasteiger partial charge in [0.2, 0.25) is 17.7 Å². The normalized spacial score (nSPS) is 20.5. The molecule has 2 fully saturated rings. The van der Waals surface area contributed by atoms with Gasteiger partial charge in [0.15, 0.2) is 0 Å². The smallest absolute Gasteiger partial charge is 0.270 e. The molecule has 0 spiro atoms. The van der Waals surface area contributed by atoms with Gasteiger partial charge in [-0.2, -0.15) is 5.10 Å². The van der Waals surface area contributed by atoms with Crippen molar-refractivity contribution in [3.8, 4) is 0 Å². The Labute approximate surface area is 259 Å². The molecule has 1 heterocycles. The number of halogens is 1. The second kappa shape index (κ2) is 15.3. The van der Waals surface area contributed by atoms with Gasteiger partial charge in [0.25, 0.3) is 5.91 Å². The monoisotopic (exact) mass is 610 g/mol. The Kier molecular flexibility index (Phi) is 11.5. The fourth-order valence-corrected chi connectivity index (χ4v) is 6.07. The second-order valence-corrected chi connectivity index (χ2v) is 12.5. The number of benzene rings is 1. The summed E-state index contributed by atoms with van der Waals surface area (Å²) in [5.74, 6) is -1.72. The number of nitrogens with zero attached hydrogens (tertiary/aromatic N) is 2. The van der Waals surface area contributed by atoms with Crippen LogP contribution in [0.15, 0.2) is 30.5 Å². The minimum absolute atomic E-state index is 0.0171. The first-order valence-electron chi connectivity index (χ1n) is 16.1. The lowest BCUT2D eigenvalue weighted by Gasteiger charge is -2.32. The molecule has 4 N–H and O–H groups in total. The molecule has 1 aromatic carbocycles. The van der Waals surface area contributed by atoms with E-state index < -0.39 is 35.6 Å². The van der Waals surface area contributed by atoms with Crippen LogP contribution in [-0.2, 0) is 20.9 Å². The molecule has 2 saturated carbocycles. The Bertz CT molecular complexity index is 1320. The highest BCUT2D eigenvalue weighted by molar-refractivity contribution is 6.00. The Hall–Kier alpha value is -3.76. The van der Waals surface area contributed by atoms with Crippen LogP contribution in [0.4, 0.5) is 10.1 Å². The van der Waals surface area contributed by atoms with E-state index in [4.69, 9.17) is 0 Å². The summed E-state index contributed by atoms with van der Waals surface area (Å²) in [5.41, 5.74) is 0.858. The lowest BCUT2D eigenvalue weighted by Crippen LogP contribution is -2.50. The summed E-state index contributed by atoms with van der Waals surface area (Å²) in [5, 5.41) is 15.5. The highest BCUT2D eigenvalue weighted by Gasteiger charge is 2.34. The molecule has 0 saturated heterocycles. The van der Waals surface area contributed by atoms with E-state index in [1.54, 1.807) is 36.9 Å². The fraction of sp³-hybridized carbons (Fsp3) is 0.606. The number of hydrogen-bond acceptors (Lipinski definition) is 5. The fourth-order valence-electron chi connectivity index (χ4n) is 6.07. The standard InChI is InChI=1S/C33H47FN6O4/c1-5-28(41)38-29(32(43)35-19-22-8-7-9-22)21(4)24-14-15-26(25(34)18-24)37-33(44)30(23-12-10-20(3)11-13-23)39-31(42)27-16-17-36-40(27)6-2/h14-18,20-23,29-30H,5-13,19H2,1-4H3,(H,35,43)(H,37,44)(H,38,41)(H,39,42)/t20?,21-,23?,29+,30-/m0/s1. The Morgan fingerprint density at radius 1 is 1.00 bits per heavy atom. The van der Waals surface area contributed by atoms with E-state index in [9.17, 15) is 19.2 Å². The van der Waals surface area contributed by atoms with Crippen molar-refractivity contribution in [2.24, 2.45) is 17.8 Å². The van der Waals surface area contributed by atoms with Crippen molar-refractivity contribution in [3.05, 3.63) is 47.5 Å². The maximum absolute atomic E-state index is 15.5. The number of amides is 4. The van der Waals surface area contributed by atoms with Gasteiger partial charge in [0.1, 0.15) is 23.6 Å². The van der Waals surface area contributed by atoms with Crippen molar-refractivity contribution in [2.75, 3.05) is 11.9 Å². The molecule has 4 rings (SSSR count). The number of nitrogens with one attached hydrogen (secondary N) is 4. The molecule has 2 aromatic rings. The first kappa shape index (κ1) is 33.1. The summed E-state index contributed by atoms with van der Waals surface area (Å²) < 4.78 is 17.1. The van der Waals surface area contributed by atoms with Crippen LogP contribution < -0.4 is 21.3 Å². The van der Waals surface area contributed by atoms with Gasteiger partial charge >= 0.3 is 0 Å². The summed E-state index contributed by atoms with van der Waals surface area (Å²) >= 11 is 0. The molecular formula is C33H47FN6O4. The number of aryl methyl sites for hydroxylation is 1. The van der Waals surface area contributed by atoms with E-state index in [0.29, 0.717) is 36.2 Å². The van der Waals surface area contributed by atoms with E-state index in [2.05, 4.69) is 33.3 Å². The zero-order chi connectivity index (χ0) is 31.8. The summed E-state index contributed by atoms with van der Waals surface area (Å²) in [6.45, 7) is 8.61. The van der Waals surface area contributed by atoms with Crippen molar-refractivity contribution in [1.29, 1.82) is 0 Å². The lowest BCUT2D eigenvalue weighted by atomic mass is 9.79. The Morgan fingerprint density at radius 2 is 1.73 bits per heavy atom. The third-order valence-corrected chi connectivity index (χ3v) is 9.34. The van der Waals surface area contributed by atoms with Gasteiger partial charge in [-0.05, 0) is 74.1 Å². The zero-order valence-corrected chi connectivity index (χ0v) is 26.3. The topological polar surface area (TPSA) is 134 Å². The number of hydrogen-bond donors (Lipinski definition) is 4. The number of rotatable bonds is 13. The van der Waals surface area contributed by atoms with Crippen molar-refractivity contribution < 1.29 is 23.6 Å². The molecule has 44 heavy (non-hydrogen) atoms. The number of carbonyl (C=O) groups excluding carboxylic acids is 4. The van der Waals surface area contributed by atoms with Crippen LogP contribution in [0.25, 0.3) is 0 Å². The molecule has 1 aromatic heterocycles. The van der Waals surface area contributed by atoms with Crippen molar-refractivity contribution in [3.63, 3.8) is 0 Å². The minimum Gasteiger partial charge on any atom is -0.354 e. The first-order valence-corrected chi connectivity index (χ1v) is 16.1. The van der Waals surface area contributed by atoms with E-state index in [1.165, 1.54) is 12.1 Å². The van der Waals surface area contributed by atoms with E-state index in [-0.39, 0.29) is 29.8 Å². The maximum Gasteiger partial charge on any atom is 0.270 e. The summed E-state index contributed by atoms with van der Waals surface area (Å²) in [7, 11) is 0. The highest BCUT2D eigenvalue weighted by atomic mass is 19.1. The molecule has 3 atom stereocenters. The third kappa shape index (κ3) is 8.24. The van der Waals surface area contributed by atoms with E-state index in [0.717, 1.165) is 44.9 Å². The van der Waals surface area contributed by atoms with Crippen LogP contribution in [0.2, 0.25) is 0 Å². The summed E-state index contributed by atoms with van der Waals surface area (Å²) in [6, 6.07) is 4.32. The molecule has 11 heteroatoms. The predicted molar refractivity (Wildman–Crippen MR) is 166 cm³/mol. The largest absolute Gasteiger partial charge is 0.354 e. The lowest BCUT2D eigenvalue weighted by molar-refractivity contribution is -0.129. The van der Waals surface area contributed by atoms with Crippen LogP contribution in [0.1, 0.15) is 101 Å². The van der Waals surface area contributed by atoms with Gasteiger partial charge < -0.3 is 21.3 Å². The number of aromatic nitrogens is 2. The van der Waals surface area contributed by atoms with Crippen LogP contribution in [0.3, 0.4) is 0 Å². The molecule has 10 nitrogen and oxygen atoms in total. The molecule has 240 valence electrons. The molecule has 0 bridgehead atoms. The Balaban J connectivity index is 1.49.